The molecule has 5 aromatic carbocycles. The normalized spacial score (nSPS) is 11.6. The van der Waals surface area contributed by atoms with Gasteiger partial charge in [0.1, 0.15) is 22.4 Å². The number of para-hydroxylation sites is 1. The summed E-state index contributed by atoms with van der Waals surface area (Å²) < 4.78 is 5.38. The molecule has 0 aromatic heterocycles. The van der Waals surface area contributed by atoms with Crippen molar-refractivity contribution in [3.05, 3.63) is 156 Å². The molecule has 0 saturated heterocycles. The van der Waals surface area contributed by atoms with Crippen molar-refractivity contribution in [3.8, 4) is 11.5 Å². The zero-order valence-electron chi connectivity index (χ0n) is 24.8. The number of aromatic hydroxyl groups is 1. The van der Waals surface area contributed by atoms with Gasteiger partial charge in [0.25, 0.3) is 11.8 Å². The maximum Gasteiger partial charge on any atom is 0.272 e. The lowest BCUT2D eigenvalue weighted by Crippen LogP contribution is -2.30. The summed E-state index contributed by atoms with van der Waals surface area (Å²) in [6, 6.07) is 38.8. The molecular weight excluding hydrogens is 598 g/mol. The van der Waals surface area contributed by atoms with Gasteiger partial charge in [-0.3, -0.25) is 14.4 Å². The van der Waals surface area contributed by atoms with E-state index in [1.165, 1.54) is 37.1 Å². The highest BCUT2D eigenvalue weighted by molar-refractivity contribution is 8.00. The first-order chi connectivity index (χ1) is 22.4. The molecule has 1 atom stereocenters. The van der Waals surface area contributed by atoms with Crippen molar-refractivity contribution >= 4 is 46.9 Å². The van der Waals surface area contributed by atoms with Crippen LogP contribution in [0.4, 0.5) is 11.4 Å². The lowest BCUT2D eigenvalue weighted by molar-refractivity contribution is -0.116. The fourth-order valence-corrected chi connectivity index (χ4v) is 5.61. The Kier molecular flexibility index (Phi) is 10.5. The summed E-state index contributed by atoms with van der Waals surface area (Å²) in [6.07, 6.45) is 1.48. The molecule has 46 heavy (non-hydrogen) atoms. The molecule has 8 nitrogen and oxygen atoms in total. The smallest absolute Gasteiger partial charge is 0.272 e. The number of nitrogens with one attached hydrogen (secondary N) is 3. The first-order valence-electron chi connectivity index (χ1n) is 14.3. The third-order valence-electron chi connectivity index (χ3n) is 6.77. The van der Waals surface area contributed by atoms with E-state index in [1.54, 1.807) is 54.6 Å². The van der Waals surface area contributed by atoms with Crippen LogP contribution in [0.5, 0.6) is 11.5 Å². The Hall–Kier alpha value is -5.80. The number of hydrogen-bond donors (Lipinski definition) is 4. The fraction of sp³-hybridized carbons (Fsp3) is 0.0541. The van der Waals surface area contributed by atoms with E-state index >= 15 is 0 Å². The third-order valence-corrected chi connectivity index (χ3v) is 8.02. The standard InChI is InChI=1S/C37H31N3O5S/c1-45-33-24-30(41)21-20-27(33)22-32(40-35(42)26-14-7-3-8-15-26)36(43)39-29-18-11-19-31(23-29)46-34(25-12-5-2-6-13-25)37(44)38-28-16-9-4-10-17-28/h2-24,34,41H,1H3,(H,38,44)(H,39,43)(H,40,42)/b32-22+. The molecule has 3 amide bonds. The van der Waals surface area contributed by atoms with Crippen LogP contribution in [-0.2, 0) is 9.59 Å². The number of methoxy groups -OCH3 is 1. The number of anilines is 2. The van der Waals surface area contributed by atoms with Gasteiger partial charge in [-0.25, -0.2) is 0 Å². The number of phenolic OH excluding ortho intramolecular Hbond substituents is 1. The summed E-state index contributed by atoms with van der Waals surface area (Å²) in [4.78, 5) is 40.9. The summed E-state index contributed by atoms with van der Waals surface area (Å²) in [5.74, 6) is -0.928. The summed E-state index contributed by atoms with van der Waals surface area (Å²) in [7, 11) is 1.44. The number of amides is 3. The Morgan fingerprint density at radius 3 is 2.09 bits per heavy atom. The molecule has 0 aliphatic rings. The molecule has 9 heteroatoms. The Balaban J connectivity index is 1.40. The second kappa shape index (κ2) is 15.3. The molecule has 0 fully saturated rings. The number of phenols is 1. The first-order valence-corrected chi connectivity index (χ1v) is 15.2. The van der Waals surface area contributed by atoms with Crippen molar-refractivity contribution in [3.63, 3.8) is 0 Å². The number of benzene rings is 5. The molecule has 5 rings (SSSR count). The first kappa shape index (κ1) is 31.6. The van der Waals surface area contributed by atoms with Crippen LogP contribution in [0.3, 0.4) is 0 Å². The van der Waals surface area contributed by atoms with E-state index in [4.69, 9.17) is 4.74 Å². The van der Waals surface area contributed by atoms with E-state index in [2.05, 4.69) is 16.0 Å². The number of carbonyl (C=O) groups is 3. The maximum absolute atomic E-state index is 13.7. The quantitative estimate of drug-likeness (QED) is 0.0901. The van der Waals surface area contributed by atoms with Gasteiger partial charge in [0.2, 0.25) is 5.91 Å². The molecule has 5 aromatic rings. The van der Waals surface area contributed by atoms with E-state index in [-0.39, 0.29) is 17.4 Å². The predicted octanol–water partition coefficient (Wildman–Crippen LogP) is 7.28. The summed E-state index contributed by atoms with van der Waals surface area (Å²) >= 11 is 1.35. The van der Waals surface area contributed by atoms with E-state index in [0.717, 1.165) is 10.5 Å². The van der Waals surface area contributed by atoms with Crippen molar-refractivity contribution in [2.75, 3.05) is 17.7 Å². The highest BCUT2D eigenvalue weighted by Crippen LogP contribution is 2.37. The van der Waals surface area contributed by atoms with Gasteiger partial charge in [-0.05, 0) is 66.2 Å². The van der Waals surface area contributed by atoms with Gasteiger partial charge in [-0.15, -0.1) is 11.8 Å². The number of ether oxygens (including phenoxy) is 1. The number of carbonyl (C=O) groups excluding carboxylic acids is 3. The second-order valence-electron chi connectivity index (χ2n) is 10.1. The lowest BCUT2D eigenvalue weighted by Gasteiger charge is -2.18. The number of hydrogen-bond acceptors (Lipinski definition) is 6. The van der Waals surface area contributed by atoms with Crippen molar-refractivity contribution in [1.29, 1.82) is 0 Å². The Labute approximate surface area is 271 Å². The topological polar surface area (TPSA) is 117 Å². The largest absolute Gasteiger partial charge is 0.508 e. The minimum absolute atomic E-state index is 0.00565. The van der Waals surface area contributed by atoms with Crippen LogP contribution in [0.2, 0.25) is 0 Å². The third kappa shape index (κ3) is 8.43. The number of rotatable bonds is 11. The molecule has 0 aliphatic heterocycles. The SMILES string of the molecule is COc1cc(O)ccc1/C=C(/NC(=O)c1ccccc1)C(=O)Nc1cccc(SC(C(=O)Nc2ccccc2)c2ccccc2)c1. The molecule has 0 radical (unpaired) electrons. The van der Waals surface area contributed by atoms with Gasteiger partial charge in [-0.2, -0.15) is 0 Å². The van der Waals surface area contributed by atoms with Crippen molar-refractivity contribution in [2.24, 2.45) is 0 Å². The molecule has 0 heterocycles. The fourth-order valence-electron chi connectivity index (χ4n) is 4.53. The average molecular weight is 630 g/mol. The molecule has 230 valence electrons. The Morgan fingerprint density at radius 1 is 0.739 bits per heavy atom. The molecule has 0 bridgehead atoms. The summed E-state index contributed by atoms with van der Waals surface area (Å²) in [5, 5.41) is 17.9. The maximum atomic E-state index is 13.7. The second-order valence-corrected chi connectivity index (χ2v) is 11.2. The van der Waals surface area contributed by atoms with Gasteiger partial charge in [0.05, 0.1) is 7.11 Å². The monoisotopic (exact) mass is 629 g/mol. The van der Waals surface area contributed by atoms with E-state index in [1.807, 2.05) is 66.7 Å². The number of thioether (sulfide) groups is 1. The molecule has 1 unspecified atom stereocenters. The van der Waals surface area contributed by atoms with Crippen LogP contribution in [0.25, 0.3) is 6.08 Å². The highest BCUT2D eigenvalue weighted by Gasteiger charge is 2.23. The minimum atomic E-state index is -0.581. The van der Waals surface area contributed by atoms with Gasteiger partial charge in [0, 0.05) is 33.5 Å². The molecular formula is C37H31N3O5S. The van der Waals surface area contributed by atoms with Crippen LogP contribution in [0.1, 0.15) is 26.7 Å². The van der Waals surface area contributed by atoms with Gasteiger partial charge in [0.15, 0.2) is 0 Å². The molecule has 4 N–H and O–H groups in total. The van der Waals surface area contributed by atoms with Crippen LogP contribution >= 0.6 is 11.8 Å². The predicted molar refractivity (Wildman–Crippen MR) is 182 cm³/mol. The van der Waals surface area contributed by atoms with E-state index in [9.17, 15) is 19.5 Å². The average Bonchev–Trinajstić information content (AvgIpc) is 3.08. The Bertz CT molecular complexity index is 1850. The van der Waals surface area contributed by atoms with Crippen LogP contribution < -0.4 is 20.7 Å². The van der Waals surface area contributed by atoms with Crippen LogP contribution in [0.15, 0.2) is 144 Å². The lowest BCUT2D eigenvalue weighted by atomic mass is 10.1. The van der Waals surface area contributed by atoms with Gasteiger partial charge >= 0.3 is 0 Å². The minimum Gasteiger partial charge on any atom is -0.508 e. The molecule has 0 saturated carbocycles. The van der Waals surface area contributed by atoms with E-state index in [0.29, 0.717) is 28.3 Å². The molecule has 0 spiro atoms. The van der Waals surface area contributed by atoms with E-state index < -0.39 is 17.1 Å². The Morgan fingerprint density at radius 2 is 1.39 bits per heavy atom. The molecule has 0 aliphatic carbocycles. The van der Waals surface area contributed by atoms with Gasteiger partial charge < -0.3 is 25.8 Å². The van der Waals surface area contributed by atoms with Crippen LogP contribution in [-0.4, -0.2) is 29.9 Å². The highest BCUT2D eigenvalue weighted by atomic mass is 32.2. The zero-order chi connectivity index (χ0) is 32.3. The summed E-state index contributed by atoms with van der Waals surface area (Å²) in [5.41, 5.74) is 2.78. The van der Waals surface area contributed by atoms with Gasteiger partial charge in [-0.1, -0.05) is 72.8 Å². The van der Waals surface area contributed by atoms with Crippen LogP contribution in [0, 0.1) is 0 Å². The summed E-state index contributed by atoms with van der Waals surface area (Å²) in [6.45, 7) is 0. The van der Waals surface area contributed by atoms with Crippen molar-refractivity contribution in [2.45, 2.75) is 10.1 Å². The van der Waals surface area contributed by atoms with Crippen molar-refractivity contribution in [1.82, 2.24) is 5.32 Å². The zero-order valence-corrected chi connectivity index (χ0v) is 25.7. The van der Waals surface area contributed by atoms with Crippen molar-refractivity contribution < 1.29 is 24.2 Å².